The first-order chi connectivity index (χ1) is 14.1. The van der Waals surface area contributed by atoms with Gasteiger partial charge in [0.2, 0.25) is 0 Å². The molecule has 1 aliphatic rings. The summed E-state index contributed by atoms with van der Waals surface area (Å²) in [5.41, 5.74) is 1.82. The molecule has 29 heavy (non-hydrogen) atoms. The standard InChI is InChI=1S/C23H27NO5/c25-22(26)21(15-17-9-3-1-4-10-17)29-20-14-8-7-13-19(20)24-23(27)28-16-18-11-5-2-6-12-18/h1-6,9-12,19-21H,7-8,13-16H2,(H,24,27)(H,25,26)/t19-,20-,21+/m0/s1. The Morgan fingerprint density at radius 2 is 1.59 bits per heavy atom. The topological polar surface area (TPSA) is 84.9 Å². The van der Waals surface area contributed by atoms with E-state index in [4.69, 9.17) is 9.47 Å². The number of carbonyl (C=O) groups is 2. The molecule has 0 heterocycles. The lowest BCUT2D eigenvalue weighted by Crippen LogP contribution is -2.48. The average Bonchev–Trinajstić information content (AvgIpc) is 2.74. The summed E-state index contributed by atoms with van der Waals surface area (Å²) in [4.78, 5) is 24.0. The van der Waals surface area contributed by atoms with E-state index >= 15 is 0 Å². The first kappa shape index (κ1) is 20.9. The van der Waals surface area contributed by atoms with E-state index in [2.05, 4.69) is 5.32 Å². The summed E-state index contributed by atoms with van der Waals surface area (Å²) >= 11 is 0. The summed E-state index contributed by atoms with van der Waals surface area (Å²) in [6, 6.07) is 18.6. The Morgan fingerprint density at radius 3 is 2.24 bits per heavy atom. The molecule has 1 aliphatic carbocycles. The maximum Gasteiger partial charge on any atom is 0.407 e. The van der Waals surface area contributed by atoms with E-state index in [0.29, 0.717) is 6.42 Å². The van der Waals surface area contributed by atoms with Crippen LogP contribution in [0.25, 0.3) is 0 Å². The molecule has 2 aromatic carbocycles. The summed E-state index contributed by atoms with van der Waals surface area (Å²) in [6.07, 6.45) is 1.83. The minimum Gasteiger partial charge on any atom is -0.479 e. The quantitative estimate of drug-likeness (QED) is 0.705. The minimum atomic E-state index is -0.996. The van der Waals surface area contributed by atoms with Gasteiger partial charge < -0.3 is 19.9 Å². The van der Waals surface area contributed by atoms with E-state index in [1.165, 1.54) is 0 Å². The van der Waals surface area contributed by atoms with Gasteiger partial charge in [0.15, 0.2) is 6.10 Å². The van der Waals surface area contributed by atoms with Gasteiger partial charge >= 0.3 is 12.1 Å². The van der Waals surface area contributed by atoms with Gasteiger partial charge in [-0.15, -0.1) is 0 Å². The number of carboxylic acids is 1. The molecule has 3 atom stereocenters. The van der Waals surface area contributed by atoms with Crippen LogP contribution in [-0.2, 0) is 27.3 Å². The van der Waals surface area contributed by atoms with Gasteiger partial charge in [-0.2, -0.15) is 0 Å². The van der Waals surface area contributed by atoms with Gasteiger partial charge in [-0.1, -0.05) is 73.5 Å². The number of carbonyl (C=O) groups excluding carboxylic acids is 1. The summed E-state index contributed by atoms with van der Waals surface area (Å²) in [5, 5.41) is 12.5. The third-order valence-corrected chi connectivity index (χ3v) is 5.10. The number of amides is 1. The predicted molar refractivity (Wildman–Crippen MR) is 108 cm³/mol. The Labute approximate surface area is 170 Å². The Morgan fingerprint density at radius 1 is 0.966 bits per heavy atom. The van der Waals surface area contributed by atoms with Crippen molar-refractivity contribution in [2.75, 3.05) is 0 Å². The van der Waals surface area contributed by atoms with Gasteiger partial charge in [0, 0.05) is 6.42 Å². The highest BCUT2D eigenvalue weighted by atomic mass is 16.6. The van der Waals surface area contributed by atoms with E-state index in [-0.39, 0.29) is 25.2 Å². The second-order valence-electron chi connectivity index (χ2n) is 7.29. The molecule has 6 heteroatoms. The largest absolute Gasteiger partial charge is 0.479 e. The van der Waals surface area contributed by atoms with Crippen molar-refractivity contribution < 1.29 is 24.2 Å². The second kappa shape index (κ2) is 10.6. The fourth-order valence-electron chi connectivity index (χ4n) is 3.57. The lowest BCUT2D eigenvalue weighted by atomic mass is 9.92. The van der Waals surface area contributed by atoms with Crippen molar-refractivity contribution in [2.45, 2.75) is 57.0 Å². The van der Waals surface area contributed by atoms with Crippen LogP contribution in [-0.4, -0.2) is 35.4 Å². The number of rotatable bonds is 8. The van der Waals surface area contributed by atoms with Gasteiger partial charge in [0.25, 0.3) is 0 Å². The summed E-state index contributed by atoms with van der Waals surface area (Å²) < 4.78 is 11.3. The number of hydrogen-bond acceptors (Lipinski definition) is 4. The van der Waals surface area contributed by atoms with E-state index in [0.717, 1.165) is 30.4 Å². The second-order valence-corrected chi connectivity index (χ2v) is 7.29. The molecule has 0 aliphatic heterocycles. The van der Waals surface area contributed by atoms with Crippen LogP contribution in [0.5, 0.6) is 0 Å². The molecule has 2 N–H and O–H groups in total. The number of alkyl carbamates (subject to hydrolysis) is 1. The molecule has 6 nitrogen and oxygen atoms in total. The normalized spacial score (nSPS) is 19.9. The number of carboxylic acid groups (broad SMARTS) is 1. The van der Waals surface area contributed by atoms with E-state index in [1.807, 2.05) is 60.7 Å². The molecule has 0 bridgehead atoms. The fraction of sp³-hybridized carbons (Fsp3) is 0.391. The Kier molecular flexibility index (Phi) is 7.64. The van der Waals surface area contributed by atoms with Crippen LogP contribution in [0.4, 0.5) is 4.79 Å². The van der Waals surface area contributed by atoms with Crippen molar-refractivity contribution in [2.24, 2.45) is 0 Å². The molecular formula is C23H27NO5. The van der Waals surface area contributed by atoms with Crippen molar-refractivity contribution >= 4 is 12.1 Å². The van der Waals surface area contributed by atoms with Crippen LogP contribution in [0.1, 0.15) is 36.8 Å². The molecule has 0 spiro atoms. The lowest BCUT2D eigenvalue weighted by molar-refractivity contribution is -0.156. The van der Waals surface area contributed by atoms with Crippen LogP contribution >= 0.6 is 0 Å². The van der Waals surface area contributed by atoms with Gasteiger partial charge in [-0.05, 0) is 24.0 Å². The maximum atomic E-state index is 12.2. The molecule has 1 saturated carbocycles. The SMILES string of the molecule is O=C(N[C@H]1CCCC[C@@H]1O[C@H](Cc1ccccc1)C(=O)O)OCc1ccccc1. The highest BCUT2D eigenvalue weighted by Gasteiger charge is 2.32. The number of aliphatic carboxylic acids is 1. The van der Waals surface area contributed by atoms with Gasteiger partial charge in [-0.25, -0.2) is 9.59 Å². The molecule has 1 amide bonds. The van der Waals surface area contributed by atoms with Crippen molar-refractivity contribution in [3.05, 3.63) is 71.8 Å². The molecule has 0 unspecified atom stereocenters. The fourth-order valence-corrected chi connectivity index (χ4v) is 3.57. The zero-order chi connectivity index (χ0) is 20.5. The van der Waals surface area contributed by atoms with E-state index < -0.39 is 18.2 Å². The van der Waals surface area contributed by atoms with Crippen LogP contribution in [0, 0.1) is 0 Å². The van der Waals surface area contributed by atoms with Crippen LogP contribution in [0.3, 0.4) is 0 Å². The zero-order valence-electron chi connectivity index (χ0n) is 16.3. The van der Waals surface area contributed by atoms with E-state index in [9.17, 15) is 14.7 Å². The summed E-state index contributed by atoms with van der Waals surface area (Å²) in [7, 11) is 0. The Balaban J connectivity index is 1.56. The van der Waals surface area contributed by atoms with Crippen molar-refractivity contribution in [3.8, 4) is 0 Å². The summed E-state index contributed by atoms with van der Waals surface area (Å²) in [5.74, 6) is -0.996. The van der Waals surface area contributed by atoms with Crippen molar-refractivity contribution in [1.29, 1.82) is 0 Å². The zero-order valence-corrected chi connectivity index (χ0v) is 16.3. The van der Waals surface area contributed by atoms with Crippen LogP contribution in [0.15, 0.2) is 60.7 Å². The predicted octanol–water partition coefficient (Wildman–Crippen LogP) is 3.94. The van der Waals surface area contributed by atoms with Crippen LogP contribution < -0.4 is 5.32 Å². The molecule has 2 aromatic rings. The van der Waals surface area contributed by atoms with Gasteiger partial charge in [0.05, 0.1) is 12.1 Å². The highest BCUT2D eigenvalue weighted by molar-refractivity contribution is 5.72. The number of benzene rings is 2. The maximum absolute atomic E-state index is 12.2. The number of ether oxygens (including phenoxy) is 2. The number of nitrogens with one attached hydrogen (secondary N) is 1. The molecule has 3 rings (SSSR count). The monoisotopic (exact) mass is 397 g/mol. The molecule has 0 saturated heterocycles. The van der Waals surface area contributed by atoms with Crippen molar-refractivity contribution in [3.63, 3.8) is 0 Å². The Hall–Kier alpha value is -2.86. The third-order valence-electron chi connectivity index (χ3n) is 5.10. The first-order valence-corrected chi connectivity index (χ1v) is 10.0. The molecule has 0 radical (unpaired) electrons. The van der Waals surface area contributed by atoms with Crippen LogP contribution in [0.2, 0.25) is 0 Å². The minimum absolute atomic E-state index is 0.191. The highest BCUT2D eigenvalue weighted by Crippen LogP contribution is 2.24. The average molecular weight is 397 g/mol. The first-order valence-electron chi connectivity index (χ1n) is 10.0. The van der Waals surface area contributed by atoms with Crippen molar-refractivity contribution in [1.82, 2.24) is 5.32 Å². The smallest absolute Gasteiger partial charge is 0.407 e. The molecule has 154 valence electrons. The van der Waals surface area contributed by atoms with E-state index in [1.54, 1.807) is 0 Å². The summed E-state index contributed by atoms with van der Waals surface area (Å²) in [6.45, 7) is 0.191. The van der Waals surface area contributed by atoms with Gasteiger partial charge in [0.1, 0.15) is 6.61 Å². The number of hydrogen-bond donors (Lipinski definition) is 2. The Bertz CT molecular complexity index is 780. The third kappa shape index (κ3) is 6.61. The molecule has 1 fully saturated rings. The lowest BCUT2D eigenvalue weighted by Gasteiger charge is -2.33. The molecular weight excluding hydrogens is 370 g/mol. The molecule has 0 aromatic heterocycles. The van der Waals surface area contributed by atoms with Gasteiger partial charge in [-0.3, -0.25) is 0 Å².